The molecule has 0 radical (unpaired) electrons. The Morgan fingerprint density at radius 3 is 2.59 bits per heavy atom. The third-order valence-electron chi connectivity index (χ3n) is 2.82. The van der Waals surface area contributed by atoms with Crippen LogP contribution in [-0.4, -0.2) is 38.7 Å². The molecular weight excluding hydrogens is 236 g/mol. The maximum Gasteiger partial charge on any atom is 0.224 e. The molecule has 0 aliphatic carbocycles. The lowest BCUT2D eigenvalue weighted by Crippen LogP contribution is -2.31. The zero-order chi connectivity index (χ0) is 12.8. The summed E-state index contributed by atoms with van der Waals surface area (Å²) in [5.41, 5.74) is 0. The van der Waals surface area contributed by atoms with Gasteiger partial charge in [-0.3, -0.25) is 9.89 Å². The third kappa shape index (κ3) is 3.39. The summed E-state index contributed by atoms with van der Waals surface area (Å²) in [4.78, 5) is 13.7. The predicted molar refractivity (Wildman–Crippen MR) is 69.3 cm³/mol. The van der Waals surface area contributed by atoms with E-state index in [1.165, 1.54) is 0 Å². The number of hydrogen-bond acceptors (Lipinski definition) is 3. The number of rotatable bonds is 6. The maximum absolute atomic E-state index is 11.9. The van der Waals surface area contributed by atoms with E-state index in [0.29, 0.717) is 17.7 Å². The Labute approximate surface area is 107 Å². The molecule has 6 heteroatoms. The quantitative estimate of drug-likeness (QED) is 0.789. The van der Waals surface area contributed by atoms with Crippen LogP contribution in [0.5, 0.6) is 0 Å². The summed E-state index contributed by atoms with van der Waals surface area (Å²) in [6, 6.07) is 0. The molecule has 0 aliphatic heterocycles. The van der Waals surface area contributed by atoms with Crippen molar-refractivity contribution in [3.8, 4) is 0 Å². The minimum atomic E-state index is 0.167. The monoisotopic (exact) mass is 256 g/mol. The van der Waals surface area contributed by atoms with Crippen molar-refractivity contribution in [2.45, 2.75) is 40.2 Å². The van der Waals surface area contributed by atoms with Gasteiger partial charge in [-0.15, -0.1) is 0 Å². The third-order valence-corrected chi connectivity index (χ3v) is 3.13. The van der Waals surface area contributed by atoms with Crippen molar-refractivity contribution < 1.29 is 4.79 Å². The van der Waals surface area contributed by atoms with Crippen LogP contribution in [0.1, 0.15) is 33.0 Å². The fourth-order valence-corrected chi connectivity index (χ4v) is 2.03. The molecular formula is C11H20N4OS. The molecule has 1 amide bonds. The van der Waals surface area contributed by atoms with E-state index in [4.69, 9.17) is 12.2 Å². The first-order chi connectivity index (χ1) is 8.13. The number of H-pyrrole nitrogens is 1. The number of nitrogens with one attached hydrogen (secondary N) is 1. The molecule has 96 valence electrons. The van der Waals surface area contributed by atoms with Crippen molar-refractivity contribution in [3.05, 3.63) is 10.6 Å². The first-order valence-electron chi connectivity index (χ1n) is 6.05. The number of aromatic nitrogens is 3. The van der Waals surface area contributed by atoms with E-state index in [0.717, 1.165) is 25.3 Å². The standard InChI is InChI=1S/C11H20N4OS/c1-4-9-12-13-11(17)15(9)8-7-10(16)14(5-2)6-3/h4-8H2,1-3H3,(H,13,17). The van der Waals surface area contributed by atoms with Crippen molar-refractivity contribution in [2.24, 2.45) is 0 Å². The van der Waals surface area contributed by atoms with Crippen molar-refractivity contribution >= 4 is 18.1 Å². The van der Waals surface area contributed by atoms with Crippen LogP contribution in [0.4, 0.5) is 0 Å². The molecule has 0 unspecified atom stereocenters. The number of carbonyl (C=O) groups excluding carboxylic acids is 1. The van der Waals surface area contributed by atoms with Gasteiger partial charge in [0, 0.05) is 32.5 Å². The summed E-state index contributed by atoms with van der Waals surface area (Å²) in [5, 5.41) is 6.88. The molecule has 0 aliphatic rings. The summed E-state index contributed by atoms with van der Waals surface area (Å²) in [6.07, 6.45) is 1.29. The largest absolute Gasteiger partial charge is 0.343 e. The minimum absolute atomic E-state index is 0.167. The zero-order valence-corrected chi connectivity index (χ0v) is 11.5. The van der Waals surface area contributed by atoms with E-state index in [1.807, 2.05) is 30.2 Å². The van der Waals surface area contributed by atoms with Gasteiger partial charge in [0.25, 0.3) is 0 Å². The summed E-state index contributed by atoms with van der Waals surface area (Å²) >= 11 is 5.13. The van der Waals surface area contributed by atoms with Crippen LogP contribution in [0.2, 0.25) is 0 Å². The van der Waals surface area contributed by atoms with Gasteiger partial charge in [0.1, 0.15) is 5.82 Å². The summed E-state index contributed by atoms with van der Waals surface area (Å²) in [6.45, 7) is 8.12. The van der Waals surface area contributed by atoms with E-state index in [-0.39, 0.29) is 5.91 Å². The Hall–Kier alpha value is -1.17. The summed E-state index contributed by atoms with van der Waals surface area (Å²) in [5.74, 6) is 1.07. The smallest absolute Gasteiger partial charge is 0.224 e. The van der Waals surface area contributed by atoms with Crippen LogP contribution < -0.4 is 0 Å². The highest BCUT2D eigenvalue weighted by molar-refractivity contribution is 7.71. The average Bonchev–Trinajstić information content (AvgIpc) is 2.69. The van der Waals surface area contributed by atoms with Crippen molar-refractivity contribution in [2.75, 3.05) is 13.1 Å². The lowest BCUT2D eigenvalue weighted by Gasteiger charge is -2.18. The molecule has 0 atom stereocenters. The highest BCUT2D eigenvalue weighted by atomic mass is 32.1. The van der Waals surface area contributed by atoms with Crippen LogP contribution in [0.25, 0.3) is 0 Å². The normalized spacial score (nSPS) is 10.5. The molecule has 0 fully saturated rings. The Morgan fingerprint density at radius 2 is 2.06 bits per heavy atom. The van der Waals surface area contributed by atoms with Gasteiger partial charge in [0.2, 0.25) is 5.91 Å². The first kappa shape index (κ1) is 13.9. The molecule has 17 heavy (non-hydrogen) atoms. The SMILES string of the molecule is CCc1n[nH]c(=S)n1CCC(=O)N(CC)CC. The molecule has 1 aromatic heterocycles. The molecule has 1 N–H and O–H groups in total. The average molecular weight is 256 g/mol. The van der Waals surface area contributed by atoms with Crippen molar-refractivity contribution in [1.82, 2.24) is 19.7 Å². The maximum atomic E-state index is 11.9. The zero-order valence-electron chi connectivity index (χ0n) is 10.7. The summed E-state index contributed by atoms with van der Waals surface area (Å²) < 4.78 is 2.49. The first-order valence-corrected chi connectivity index (χ1v) is 6.46. The molecule has 0 aromatic carbocycles. The highest BCUT2D eigenvalue weighted by Crippen LogP contribution is 2.03. The minimum Gasteiger partial charge on any atom is -0.343 e. The summed E-state index contributed by atoms with van der Waals surface area (Å²) in [7, 11) is 0. The van der Waals surface area contributed by atoms with Crippen LogP contribution in [0.15, 0.2) is 0 Å². The van der Waals surface area contributed by atoms with E-state index in [9.17, 15) is 4.79 Å². The fourth-order valence-electron chi connectivity index (χ4n) is 1.79. The van der Waals surface area contributed by atoms with Gasteiger partial charge < -0.3 is 9.47 Å². The van der Waals surface area contributed by atoms with E-state index in [2.05, 4.69) is 10.2 Å². The molecule has 0 spiro atoms. The van der Waals surface area contributed by atoms with Crippen LogP contribution in [0, 0.1) is 4.77 Å². The molecule has 0 saturated heterocycles. The Morgan fingerprint density at radius 1 is 1.41 bits per heavy atom. The van der Waals surface area contributed by atoms with Crippen LogP contribution in [0.3, 0.4) is 0 Å². The van der Waals surface area contributed by atoms with Gasteiger partial charge in [-0.05, 0) is 26.1 Å². The number of aryl methyl sites for hydroxylation is 1. The number of nitrogens with zero attached hydrogens (tertiary/aromatic N) is 3. The number of aromatic amines is 1. The van der Waals surface area contributed by atoms with Gasteiger partial charge in [0.15, 0.2) is 4.77 Å². The van der Waals surface area contributed by atoms with Crippen molar-refractivity contribution in [1.29, 1.82) is 0 Å². The number of hydrogen-bond donors (Lipinski definition) is 1. The van der Waals surface area contributed by atoms with Gasteiger partial charge in [-0.2, -0.15) is 5.10 Å². The molecule has 1 rings (SSSR count). The second-order valence-corrected chi connectivity index (χ2v) is 4.15. The van der Waals surface area contributed by atoms with Crippen molar-refractivity contribution in [3.63, 3.8) is 0 Å². The van der Waals surface area contributed by atoms with Crippen LogP contribution in [-0.2, 0) is 17.8 Å². The Balaban J connectivity index is 2.64. The van der Waals surface area contributed by atoms with E-state index >= 15 is 0 Å². The molecule has 1 heterocycles. The number of carbonyl (C=O) groups is 1. The van der Waals surface area contributed by atoms with Gasteiger partial charge in [-0.1, -0.05) is 6.92 Å². The molecule has 5 nitrogen and oxygen atoms in total. The van der Waals surface area contributed by atoms with Crippen LogP contribution >= 0.6 is 12.2 Å². The molecule has 0 saturated carbocycles. The second kappa shape index (κ2) is 6.54. The van der Waals surface area contributed by atoms with E-state index < -0.39 is 0 Å². The topological polar surface area (TPSA) is 53.9 Å². The molecule has 0 bridgehead atoms. The number of amides is 1. The fraction of sp³-hybridized carbons (Fsp3) is 0.727. The Kier molecular flexibility index (Phi) is 5.34. The predicted octanol–water partition coefficient (Wildman–Crippen LogP) is 1.76. The van der Waals surface area contributed by atoms with Gasteiger partial charge >= 0.3 is 0 Å². The highest BCUT2D eigenvalue weighted by Gasteiger charge is 2.11. The van der Waals surface area contributed by atoms with E-state index in [1.54, 1.807) is 0 Å². The molecule has 1 aromatic rings. The van der Waals surface area contributed by atoms with Gasteiger partial charge in [-0.25, -0.2) is 0 Å². The van der Waals surface area contributed by atoms with Gasteiger partial charge in [0.05, 0.1) is 0 Å². The Bertz CT molecular complexity index is 419. The lowest BCUT2D eigenvalue weighted by atomic mass is 10.3. The lowest BCUT2D eigenvalue weighted by molar-refractivity contribution is -0.131. The second-order valence-electron chi connectivity index (χ2n) is 3.77.